The van der Waals surface area contributed by atoms with Gasteiger partial charge in [0.15, 0.2) is 11.9 Å². The van der Waals surface area contributed by atoms with Crippen molar-refractivity contribution >= 4 is 24.0 Å². The van der Waals surface area contributed by atoms with Gasteiger partial charge in [-0.1, -0.05) is 29.6 Å². The molecule has 7 heteroatoms. The fourth-order valence-electron chi connectivity index (χ4n) is 2.82. The molecule has 0 aliphatic heterocycles. The molecule has 1 aliphatic carbocycles. The van der Waals surface area contributed by atoms with Crippen LogP contribution in [0.5, 0.6) is 5.75 Å². The average Bonchev–Trinajstić information content (AvgIpc) is 3.11. The minimum absolute atomic E-state index is 0. The van der Waals surface area contributed by atoms with E-state index >= 15 is 0 Å². The number of hydrogen-bond acceptors (Lipinski definition) is 5. The predicted molar refractivity (Wildman–Crippen MR) is 91.1 cm³/mol. The third-order valence-electron chi connectivity index (χ3n) is 4.17. The van der Waals surface area contributed by atoms with E-state index in [0.717, 1.165) is 37.0 Å². The summed E-state index contributed by atoms with van der Waals surface area (Å²) in [7, 11) is 0. The number of aromatic nitrogens is 2. The normalized spacial score (nSPS) is 17.6. The van der Waals surface area contributed by atoms with E-state index in [4.69, 9.17) is 26.6 Å². The van der Waals surface area contributed by atoms with Crippen LogP contribution in [0, 0.1) is 6.92 Å². The maximum absolute atomic E-state index is 6.35. The molecule has 2 aromatic rings. The van der Waals surface area contributed by atoms with Crippen LogP contribution in [-0.2, 0) is 5.54 Å². The van der Waals surface area contributed by atoms with Gasteiger partial charge in [-0.25, -0.2) is 0 Å². The Morgan fingerprint density at radius 3 is 2.70 bits per heavy atom. The zero-order valence-corrected chi connectivity index (χ0v) is 14.8. The van der Waals surface area contributed by atoms with Crippen LogP contribution in [-0.4, -0.2) is 10.1 Å². The van der Waals surface area contributed by atoms with E-state index in [1.54, 1.807) is 6.07 Å². The van der Waals surface area contributed by atoms with Gasteiger partial charge < -0.3 is 15.0 Å². The van der Waals surface area contributed by atoms with E-state index in [9.17, 15) is 0 Å². The van der Waals surface area contributed by atoms with Gasteiger partial charge in [0.25, 0.3) is 5.89 Å². The Morgan fingerprint density at radius 2 is 2.04 bits per heavy atom. The fourth-order valence-corrected chi connectivity index (χ4v) is 3.04. The third kappa shape index (κ3) is 3.79. The number of aryl methyl sites for hydroxylation is 1. The van der Waals surface area contributed by atoms with Gasteiger partial charge in [-0.05, 0) is 50.5 Å². The fraction of sp³-hybridized carbons (Fsp3) is 0.500. The van der Waals surface area contributed by atoms with Gasteiger partial charge in [0.2, 0.25) is 0 Å². The number of rotatable bonds is 4. The van der Waals surface area contributed by atoms with Crippen molar-refractivity contribution < 1.29 is 9.26 Å². The first kappa shape index (κ1) is 18.0. The van der Waals surface area contributed by atoms with Crippen LogP contribution in [0.25, 0.3) is 0 Å². The maximum Gasteiger partial charge on any atom is 0.267 e. The molecule has 0 saturated heterocycles. The van der Waals surface area contributed by atoms with Gasteiger partial charge >= 0.3 is 0 Å². The van der Waals surface area contributed by atoms with Crippen LogP contribution in [0.4, 0.5) is 0 Å². The van der Waals surface area contributed by atoms with Crippen molar-refractivity contribution in [3.05, 3.63) is 40.5 Å². The monoisotopic (exact) mass is 357 g/mol. The van der Waals surface area contributed by atoms with E-state index in [-0.39, 0.29) is 18.5 Å². The summed E-state index contributed by atoms with van der Waals surface area (Å²) in [6, 6.07) is 5.49. The molecule has 0 radical (unpaired) electrons. The van der Waals surface area contributed by atoms with Gasteiger partial charge in [0.05, 0.1) is 5.54 Å². The quantitative estimate of drug-likeness (QED) is 0.881. The molecule has 1 fully saturated rings. The Kier molecular flexibility index (Phi) is 5.55. The highest BCUT2D eigenvalue weighted by Gasteiger charge is 2.36. The highest BCUT2D eigenvalue weighted by molar-refractivity contribution is 6.30. The molecule has 5 nitrogen and oxygen atoms in total. The molecule has 126 valence electrons. The molecule has 1 unspecified atom stereocenters. The minimum atomic E-state index is -0.447. The first-order valence-corrected chi connectivity index (χ1v) is 7.91. The SMILES string of the molecule is Cc1cc(Cl)ccc1OC(C)c1nc(C2(N)CCCC2)no1.Cl. The van der Waals surface area contributed by atoms with Crippen molar-refractivity contribution in [2.24, 2.45) is 5.73 Å². The summed E-state index contributed by atoms with van der Waals surface area (Å²) in [6.45, 7) is 3.82. The zero-order valence-electron chi connectivity index (χ0n) is 13.2. The van der Waals surface area contributed by atoms with Crippen molar-refractivity contribution in [2.75, 3.05) is 0 Å². The number of nitrogens with zero attached hydrogens (tertiary/aromatic N) is 2. The predicted octanol–water partition coefficient (Wildman–Crippen LogP) is 4.32. The highest BCUT2D eigenvalue weighted by atomic mass is 35.5. The van der Waals surface area contributed by atoms with E-state index in [1.807, 2.05) is 26.0 Å². The summed E-state index contributed by atoms with van der Waals surface area (Å²) in [4.78, 5) is 4.45. The summed E-state index contributed by atoms with van der Waals surface area (Å²) in [6.07, 6.45) is 3.67. The van der Waals surface area contributed by atoms with Gasteiger partial charge in [-0.15, -0.1) is 12.4 Å². The molecule has 1 atom stereocenters. The van der Waals surface area contributed by atoms with Crippen LogP contribution < -0.4 is 10.5 Å². The van der Waals surface area contributed by atoms with Crippen molar-refractivity contribution in [1.82, 2.24) is 10.1 Å². The first-order valence-electron chi connectivity index (χ1n) is 7.54. The lowest BCUT2D eigenvalue weighted by molar-refractivity contribution is 0.174. The Labute approximate surface area is 146 Å². The van der Waals surface area contributed by atoms with Crippen LogP contribution >= 0.6 is 24.0 Å². The van der Waals surface area contributed by atoms with Crippen LogP contribution in [0.2, 0.25) is 5.02 Å². The van der Waals surface area contributed by atoms with Crippen LogP contribution in [0.15, 0.2) is 22.7 Å². The minimum Gasteiger partial charge on any atom is -0.481 e. The van der Waals surface area contributed by atoms with Crippen molar-refractivity contribution in [3.63, 3.8) is 0 Å². The average molecular weight is 358 g/mol. The highest BCUT2D eigenvalue weighted by Crippen LogP contribution is 2.35. The molecule has 1 aliphatic rings. The summed E-state index contributed by atoms with van der Waals surface area (Å²) in [5.41, 5.74) is 6.86. The molecule has 0 amide bonds. The largest absolute Gasteiger partial charge is 0.481 e. The molecular formula is C16H21Cl2N3O2. The topological polar surface area (TPSA) is 74.2 Å². The standard InChI is InChI=1S/C16H20ClN3O2.ClH/c1-10-9-12(17)5-6-13(10)21-11(2)14-19-15(20-22-14)16(18)7-3-4-8-16;/h5-6,9,11H,3-4,7-8,18H2,1-2H3;1H. The number of halogens is 2. The van der Waals surface area contributed by atoms with Gasteiger partial charge in [-0.2, -0.15) is 4.98 Å². The molecule has 23 heavy (non-hydrogen) atoms. The van der Waals surface area contributed by atoms with E-state index in [0.29, 0.717) is 16.7 Å². The van der Waals surface area contributed by atoms with Crippen molar-refractivity contribution in [3.8, 4) is 5.75 Å². The van der Waals surface area contributed by atoms with E-state index < -0.39 is 5.54 Å². The number of nitrogens with two attached hydrogens (primary N) is 1. The summed E-state index contributed by atoms with van der Waals surface area (Å²) >= 11 is 5.95. The Bertz CT molecular complexity index is 669. The molecule has 0 spiro atoms. The van der Waals surface area contributed by atoms with E-state index in [2.05, 4.69) is 10.1 Å². The molecule has 3 rings (SSSR count). The number of ether oxygens (including phenoxy) is 1. The lowest BCUT2D eigenvalue weighted by atomic mass is 9.99. The Morgan fingerprint density at radius 1 is 1.35 bits per heavy atom. The molecule has 1 saturated carbocycles. The molecule has 2 N–H and O–H groups in total. The Balaban J connectivity index is 0.00000192. The van der Waals surface area contributed by atoms with Crippen molar-refractivity contribution in [1.29, 1.82) is 0 Å². The lowest BCUT2D eigenvalue weighted by Gasteiger charge is -2.18. The maximum atomic E-state index is 6.35. The van der Waals surface area contributed by atoms with Crippen molar-refractivity contribution in [2.45, 2.75) is 51.2 Å². The number of benzene rings is 1. The second-order valence-electron chi connectivity index (χ2n) is 5.99. The van der Waals surface area contributed by atoms with E-state index in [1.165, 1.54) is 0 Å². The molecule has 1 aromatic heterocycles. The van der Waals surface area contributed by atoms with Gasteiger partial charge in [0, 0.05) is 5.02 Å². The lowest BCUT2D eigenvalue weighted by Crippen LogP contribution is -2.34. The summed E-state index contributed by atoms with van der Waals surface area (Å²) < 4.78 is 11.2. The summed E-state index contributed by atoms with van der Waals surface area (Å²) in [5.74, 6) is 1.78. The zero-order chi connectivity index (χ0) is 15.7. The smallest absolute Gasteiger partial charge is 0.267 e. The second kappa shape index (κ2) is 7.07. The second-order valence-corrected chi connectivity index (χ2v) is 6.43. The molecule has 0 bridgehead atoms. The third-order valence-corrected chi connectivity index (χ3v) is 4.41. The molecule has 1 aromatic carbocycles. The van der Waals surface area contributed by atoms with Crippen LogP contribution in [0.1, 0.15) is 56.0 Å². The molecule has 1 heterocycles. The Hall–Kier alpha value is -1.30. The first-order chi connectivity index (χ1) is 10.5. The van der Waals surface area contributed by atoms with Crippen LogP contribution in [0.3, 0.4) is 0 Å². The summed E-state index contributed by atoms with van der Waals surface area (Å²) in [5, 5.41) is 4.74. The van der Waals surface area contributed by atoms with Gasteiger partial charge in [0.1, 0.15) is 5.75 Å². The number of hydrogen-bond donors (Lipinski definition) is 1. The molecular weight excluding hydrogens is 337 g/mol. The van der Waals surface area contributed by atoms with Gasteiger partial charge in [-0.3, -0.25) is 0 Å².